The van der Waals surface area contributed by atoms with Crippen molar-refractivity contribution in [2.45, 2.75) is 88.6 Å². The Morgan fingerprint density at radius 1 is 0.897 bits per heavy atom. The second-order valence-corrected chi connectivity index (χ2v) is 7.83. The molecule has 0 bridgehead atoms. The van der Waals surface area contributed by atoms with Gasteiger partial charge in [0.25, 0.3) is 0 Å². The minimum atomic E-state index is -5.19. The molecule has 0 unspecified atom stereocenters. The van der Waals surface area contributed by atoms with Gasteiger partial charge in [0.15, 0.2) is 12.6 Å². The molecule has 0 amide bonds. The van der Waals surface area contributed by atoms with E-state index in [-0.39, 0.29) is 36.2 Å². The molecule has 2 heterocycles. The van der Waals surface area contributed by atoms with Crippen molar-refractivity contribution in [1.82, 2.24) is 0 Å². The van der Waals surface area contributed by atoms with Gasteiger partial charge in [-0.2, -0.15) is 0 Å². The van der Waals surface area contributed by atoms with Gasteiger partial charge in [-0.15, -0.1) is 0 Å². The Kier molecular flexibility index (Phi) is 10.9. The van der Waals surface area contributed by atoms with E-state index in [9.17, 15) is 33.4 Å². The van der Waals surface area contributed by atoms with E-state index in [0.717, 1.165) is 0 Å². The van der Waals surface area contributed by atoms with Crippen molar-refractivity contribution in [3.8, 4) is 0 Å². The molecule has 2 saturated heterocycles. The molecule has 10 atom stereocenters. The number of aliphatic hydroxyl groups is 4. The summed E-state index contributed by atoms with van der Waals surface area (Å²) in [5.74, 6) is 0. The summed E-state index contributed by atoms with van der Waals surface area (Å²) in [5.41, 5.74) is 0. The van der Waals surface area contributed by atoms with Crippen LogP contribution < -0.4 is 29.6 Å². The van der Waals surface area contributed by atoms with Crippen molar-refractivity contribution < 1.29 is 86.1 Å². The number of hydrogen-bond acceptors (Lipinski definition) is 12. The number of rotatable bonds is 7. The third-order valence-electron chi connectivity index (χ3n) is 4.57. The fourth-order valence-electron chi connectivity index (χ4n) is 3.07. The van der Waals surface area contributed by atoms with Gasteiger partial charge in [0.2, 0.25) is 10.4 Å². The Bertz CT molecular complexity index is 606. The largest absolute Gasteiger partial charge is 1.00 e. The molecule has 14 heteroatoms. The molecule has 29 heavy (non-hydrogen) atoms. The SMILES string of the molecule is CCCO[C@@H]1O[C@@H](C)[C@@H](OS(=O)(=O)[O-])[C@@H](O[C@@H]2O[C@@H](C)[C@@H](O)[C@@H](O)[C@@H]2O)[C@@H]1O.[Na+]. The fraction of sp³-hybridized carbons (Fsp3) is 1.00. The second kappa shape index (κ2) is 11.4. The third kappa shape index (κ3) is 7.02. The van der Waals surface area contributed by atoms with E-state index < -0.39 is 71.8 Å². The third-order valence-corrected chi connectivity index (χ3v) is 5.02. The molecule has 2 aliphatic heterocycles. The summed E-state index contributed by atoms with van der Waals surface area (Å²) in [6.07, 6.45) is -13.6. The molecule has 0 saturated carbocycles. The van der Waals surface area contributed by atoms with Crippen molar-refractivity contribution in [3.05, 3.63) is 0 Å². The van der Waals surface area contributed by atoms with Gasteiger partial charge in [-0.1, -0.05) is 6.92 Å². The van der Waals surface area contributed by atoms with Gasteiger partial charge in [0, 0.05) is 6.61 Å². The molecule has 2 rings (SSSR count). The Hall–Kier alpha value is 0.550. The van der Waals surface area contributed by atoms with E-state index in [1.54, 1.807) is 0 Å². The predicted octanol–water partition coefficient (Wildman–Crippen LogP) is -5.42. The van der Waals surface area contributed by atoms with Crippen LogP contribution in [0.15, 0.2) is 0 Å². The topological polar surface area (TPSA) is 184 Å². The van der Waals surface area contributed by atoms with Gasteiger partial charge in [-0.05, 0) is 20.3 Å². The van der Waals surface area contributed by atoms with Crippen LogP contribution >= 0.6 is 0 Å². The molecule has 4 N–H and O–H groups in total. The molecule has 0 radical (unpaired) electrons. The average Bonchev–Trinajstić information content (AvgIpc) is 2.61. The maximum Gasteiger partial charge on any atom is 1.00 e. The zero-order valence-corrected chi connectivity index (χ0v) is 19.5. The molecule has 0 aliphatic carbocycles. The average molecular weight is 454 g/mol. The van der Waals surface area contributed by atoms with E-state index >= 15 is 0 Å². The van der Waals surface area contributed by atoms with E-state index in [0.29, 0.717) is 6.42 Å². The first kappa shape index (κ1) is 27.6. The Labute approximate surface area is 191 Å². The van der Waals surface area contributed by atoms with E-state index in [1.807, 2.05) is 6.92 Å². The first-order valence-electron chi connectivity index (χ1n) is 8.90. The van der Waals surface area contributed by atoms with E-state index in [2.05, 4.69) is 4.18 Å². The van der Waals surface area contributed by atoms with Crippen molar-refractivity contribution in [3.63, 3.8) is 0 Å². The van der Waals surface area contributed by atoms with Crippen LogP contribution in [0.5, 0.6) is 0 Å². The van der Waals surface area contributed by atoms with Crippen LogP contribution in [-0.2, 0) is 33.5 Å². The first-order valence-corrected chi connectivity index (χ1v) is 10.2. The molecule has 166 valence electrons. The summed E-state index contributed by atoms with van der Waals surface area (Å²) in [6, 6.07) is 0. The zero-order valence-electron chi connectivity index (χ0n) is 16.7. The Balaban J connectivity index is 0.00000420. The molecule has 12 nitrogen and oxygen atoms in total. The minimum absolute atomic E-state index is 0. The summed E-state index contributed by atoms with van der Waals surface area (Å²) >= 11 is 0. The van der Waals surface area contributed by atoms with Gasteiger partial charge < -0.3 is 43.9 Å². The molecule has 0 aromatic carbocycles. The van der Waals surface area contributed by atoms with Gasteiger partial charge >= 0.3 is 29.6 Å². The van der Waals surface area contributed by atoms with E-state index in [4.69, 9.17) is 18.9 Å². The van der Waals surface area contributed by atoms with Crippen LogP contribution in [0.1, 0.15) is 27.2 Å². The zero-order chi connectivity index (χ0) is 21.2. The summed E-state index contributed by atoms with van der Waals surface area (Å²) in [4.78, 5) is 0. The monoisotopic (exact) mass is 454 g/mol. The molecule has 0 spiro atoms. The first-order chi connectivity index (χ1) is 13.0. The number of aliphatic hydroxyl groups excluding tert-OH is 4. The van der Waals surface area contributed by atoms with Crippen LogP contribution in [0.3, 0.4) is 0 Å². The van der Waals surface area contributed by atoms with Gasteiger partial charge in [0.1, 0.15) is 36.6 Å². The fourth-order valence-corrected chi connectivity index (χ4v) is 3.60. The minimum Gasteiger partial charge on any atom is -0.726 e. The van der Waals surface area contributed by atoms with Crippen LogP contribution in [0, 0.1) is 0 Å². The summed E-state index contributed by atoms with van der Waals surface area (Å²) in [6.45, 7) is 4.85. The normalized spacial score (nSPS) is 43.6. The summed E-state index contributed by atoms with van der Waals surface area (Å²) < 4.78 is 59.3. The van der Waals surface area contributed by atoms with Gasteiger partial charge in [-0.25, -0.2) is 8.42 Å². The summed E-state index contributed by atoms with van der Waals surface area (Å²) in [7, 11) is -5.19. The van der Waals surface area contributed by atoms with Gasteiger partial charge in [-0.3, -0.25) is 4.18 Å². The van der Waals surface area contributed by atoms with Crippen molar-refractivity contribution in [1.29, 1.82) is 0 Å². The molecule has 0 aromatic rings. The van der Waals surface area contributed by atoms with E-state index in [1.165, 1.54) is 13.8 Å². The molecule has 2 aliphatic rings. The van der Waals surface area contributed by atoms with Crippen molar-refractivity contribution in [2.75, 3.05) is 6.61 Å². The van der Waals surface area contributed by atoms with Crippen LogP contribution in [0.2, 0.25) is 0 Å². The number of hydrogen-bond donors (Lipinski definition) is 4. The smallest absolute Gasteiger partial charge is 0.726 e. The maximum atomic E-state index is 11.1. The molecule has 0 aromatic heterocycles. The maximum absolute atomic E-state index is 11.1. The number of ether oxygens (including phenoxy) is 4. The second-order valence-electron chi connectivity index (χ2n) is 6.82. The Morgan fingerprint density at radius 3 is 2.03 bits per heavy atom. The summed E-state index contributed by atoms with van der Waals surface area (Å²) in [5, 5.41) is 40.3. The van der Waals surface area contributed by atoms with Crippen LogP contribution in [0.25, 0.3) is 0 Å². The predicted molar refractivity (Wildman–Crippen MR) is 88.4 cm³/mol. The van der Waals surface area contributed by atoms with Crippen molar-refractivity contribution >= 4 is 10.4 Å². The quantitative estimate of drug-likeness (QED) is 0.163. The van der Waals surface area contributed by atoms with Crippen LogP contribution in [0.4, 0.5) is 0 Å². The molecular formula is C15H27NaO12S. The van der Waals surface area contributed by atoms with Gasteiger partial charge in [0.05, 0.1) is 12.2 Å². The standard InChI is InChI=1S/C15H28O12S.Na/c1-4-5-23-14-11(19)13(12(7(3)25-14)27-28(20,21)22)26-15-10(18)9(17)8(16)6(2)24-15;/h6-19H,4-5H2,1-3H3,(H,20,21,22);/q;+1/p-1/t6-,7-,8+,9+,10-,11-,12+,13-,14+,15-;/m0./s1. The van der Waals surface area contributed by atoms with Crippen molar-refractivity contribution in [2.24, 2.45) is 0 Å². The van der Waals surface area contributed by atoms with Crippen LogP contribution in [-0.4, -0.2) is 101 Å². The molecule has 2 fully saturated rings. The Morgan fingerprint density at radius 2 is 1.48 bits per heavy atom. The molecular weight excluding hydrogens is 427 g/mol.